The molecule has 0 spiro atoms. The van der Waals surface area contributed by atoms with E-state index in [0.29, 0.717) is 0 Å². The summed E-state index contributed by atoms with van der Waals surface area (Å²) in [5.41, 5.74) is 0. The van der Waals surface area contributed by atoms with Crippen LogP contribution in [0.3, 0.4) is 0 Å². The first-order valence-electron chi connectivity index (χ1n) is 2.54. The Morgan fingerprint density at radius 1 is 1.43 bits per heavy atom. The van der Waals surface area contributed by atoms with Crippen LogP contribution in [0, 0.1) is 4.71 Å². The first-order chi connectivity index (χ1) is 3.39. The molecule has 0 atom stereocenters. The molecular weight excluding hydrogens is 128 g/mol. The lowest BCUT2D eigenvalue weighted by atomic mass is 10.3. The van der Waals surface area contributed by atoms with Gasteiger partial charge in [0.25, 0.3) is 0 Å². The van der Waals surface area contributed by atoms with E-state index < -0.39 is 0 Å². The van der Waals surface area contributed by atoms with Crippen LogP contribution in [0.1, 0.15) is 19.3 Å². The molecule has 0 bridgehead atoms. The maximum Gasteiger partial charge on any atom is 0.118 e. The molecule has 0 unspecified atom stereocenters. The molecule has 0 aliphatic carbocycles. The third kappa shape index (κ3) is 1.92. The Balaban J connectivity index is 2.12. The van der Waals surface area contributed by atoms with Gasteiger partial charge < -0.3 is 0 Å². The van der Waals surface area contributed by atoms with Crippen molar-refractivity contribution in [2.75, 3.05) is 5.75 Å². The molecule has 0 N–H and O–H groups in total. The lowest BCUT2D eigenvalue weighted by Crippen LogP contribution is -1.93. The van der Waals surface area contributed by atoms with Crippen molar-refractivity contribution in [3.05, 3.63) is 4.71 Å². The highest BCUT2D eigenvalue weighted by Gasteiger charge is 2.09. The molecule has 0 aromatic carbocycles. The lowest BCUT2D eigenvalue weighted by Gasteiger charge is -2.12. The number of rotatable bonds is 0. The van der Waals surface area contributed by atoms with Gasteiger partial charge in [0, 0.05) is 0 Å². The van der Waals surface area contributed by atoms with Gasteiger partial charge >= 0.3 is 0 Å². The monoisotopic (exact) mass is 135 g/mol. The van der Waals surface area contributed by atoms with Crippen molar-refractivity contribution >= 4 is 23.4 Å². The number of halogens is 1. The summed E-state index contributed by atoms with van der Waals surface area (Å²) in [4.78, 5) is 0. The molecular formula is C5H8ClS. The minimum atomic E-state index is 1.10. The van der Waals surface area contributed by atoms with Crippen molar-refractivity contribution in [3.63, 3.8) is 0 Å². The van der Waals surface area contributed by atoms with E-state index in [2.05, 4.69) is 0 Å². The van der Waals surface area contributed by atoms with Gasteiger partial charge in [0.2, 0.25) is 0 Å². The summed E-state index contributed by atoms with van der Waals surface area (Å²) in [5, 5.41) is 0. The van der Waals surface area contributed by atoms with E-state index in [9.17, 15) is 0 Å². The predicted octanol–water partition coefficient (Wildman–Crippen LogP) is 2.63. The van der Waals surface area contributed by atoms with Gasteiger partial charge in [-0.25, -0.2) is 0 Å². The van der Waals surface area contributed by atoms with Crippen LogP contribution in [-0.2, 0) is 0 Å². The summed E-state index contributed by atoms with van der Waals surface area (Å²) in [7, 11) is 0. The lowest BCUT2D eigenvalue weighted by molar-refractivity contribution is 0.786. The van der Waals surface area contributed by atoms with Crippen LogP contribution in [0.2, 0.25) is 0 Å². The molecule has 41 valence electrons. The van der Waals surface area contributed by atoms with Crippen LogP contribution in [0.4, 0.5) is 0 Å². The average Bonchev–Trinajstić information content (AvgIpc) is 1.69. The first kappa shape index (κ1) is 5.77. The van der Waals surface area contributed by atoms with Crippen molar-refractivity contribution in [2.24, 2.45) is 0 Å². The molecule has 0 amide bonds. The normalized spacial score (nSPS) is 25.3. The molecule has 1 saturated heterocycles. The van der Waals surface area contributed by atoms with Gasteiger partial charge in [-0.1, -0.05) is 0 Å². The molecule has 0 aromatic heterocycles. The fraction of sp³-hybridized carbons (Fsp3) is 0.800. The van der Waals surface area contributed by atoms with Crippen LogP contribution in [-0.4, -0.2) is 5.75 Å². The zero-order valence-electron chi connectivity index (χ0n) is 4.11. The summed E-state index contributed by atoms with van der Waals surface area (Å²) in [6.07, 6.45) is 3.78. The standard InChI is InChI=1S/C5H8ClS/c6-5-3-1-2-4-7-5/h1-4H2. The van der Waals surface area contributed by atoms with Gasteiger partial charge in [-0.15, -0.1) is 23.4 Å². The Kier molecular flexibility index (Phi) is 2.33. The molecule has 1 heterocycles. The Labute approximate surface area is 53.6 Å². The predicted molar refractivity (Wildman–Crippen MR) is 35.4 cm³/mol. The number of thioether (sulfide) groups is 1. The van der Waals surface area contributed by atoms with Gasteiger partial charge in [0.05, 0.1) is 0 Å². The van der Waals surface area contributed by atoms with Crippen LogP contribution in [0.15, 0.2) is 0 Å². The molecule has 1 aliphatic rings. The van der Waals surface area contributed by atoms with Gasteiger partial charge in [0.1, 0.15) is 4.71 Å². The molecule has 0 saturated carbocycles. The summed E-state index contributed by atoms with van der Waals surface area (Å²) in [6, 6.07) is 0. The van der Waals surface area contributed by atoms with Crippen LogP contribution in [0.25, 0.3) is 0 Å². The molecule has 2 heteroatoms. The van der Waals surface area contributed by atoms with Crippen molar-refractivity contribution in [2.45, 2.75) is 19.3 Å². The summed E-state index contributed by atoms with van der Waals surface area (Å²) >= 11 is 7.50. The van der Waals surface area contributed by atoms with Crippen molar-refractivity contribution in [1.82, 2.24) is 0 Å². The summed E-state index contributed by atoms with van der Waals surface area (Å²) in [6.45, 7) is 0. The van der Waals surface area contributed by atoms with Gasteiger partial charge in [-0.2, -0.15) is 0 Å². The van der Waals surface area contributed by atoms with Crippen LogP contribution in [0.5, 0.6) is 0 Å². The second-order valence-corrected chi connectivity index (χ2v) is 3.53. The Morgan fingerprint density at radius 3 is 2.57 bits per heavy atom. The van der Waals surface area contributed by atoms with E-state index in [1.54, 1.807) is 11.8 Å². The second-order valence-electron chi connectivity index (χ2n) is 1.66. The van der Waals surface area contributed by atoms with Gasteiger partial charge in [-0.3, -0.25) is 0 Å². The van der Waals surface area contributed by atoms with E-state index >= 15 is 0 Å². The largest absolute Gasteiger partial charge is 0.136 e. The van der Waals surface area contributed by atoms with Gasteiger partial charge in [-0.05, 0) is 25.0 Å². The zero-order valence-corrected chi connectivity index (χ0v) is 5.69. The Hall–Kier alpha value is 0.640. The quantitative estimate of drug-likeness (QED) is 0.492. The minimum absolute atomic E-state index is 1.10. The Morgan fingerprint density at radius 2 is 2.29 bits per heavy atom. The van der Waals surface area contributed by atoms with Crippen molar-refractivity contribution in [1.29, 1.82) is 0 Å². The maximum absolute atomic E-state index is 5.70. The molecule has 7 heavy (non-hydrogen) atoms. The smallest absolute Gasteiger partial charge is 0.118 e. The van der Waals surface area contributed by atoms with Crippen molar-refractivity contribution < 1.29 is 0 Å². The van der Waals surface area contributed by atoms with E-state index in [1.165, 1.54) is 18.6 Å². The number of hydrogen-bond donors (Lipinski definition) is 0. The maximum atomic E-state index is 5.70. The van der Waals surface area contributed by atoms with E-state index in [0.717, 1.165) is 11.1 Å². The molecule has 1 aliphatic heterocycles. The van der Waals surface area contributed by atoms with E-state index in [1.807, 2.05) is 0 Å². The molecule has 1 radical (unpaired) electrons. The van der Waals surface area contributed by atoms with Crippen LogP contribution < -0.4 is 0 Å². The highest BCUT2D eigenvalue weighted by atomic mass is 35.5. The highest BCUT2D eigenvalue weighted by molar-refractivity contribution is 8.03. The highest BCUT2D eigenvalue weighted by Crippen LogP contribution is 2.34. The minimum Gasteiger partial charge on any atom is -0.136 e. The van der Waals surface area contributed by atoms with E-state index in [-0.39, 0.29) is 0 Å². The van der Waals surface area contributed by atoms with E-state index in [4.69, 9.17) is 11.6 Å². The Bertz CT molecular complexity index is 50.0. The molecule has 1 rings (SSSR count). The molecule has 1 fully saturated rings. The van der Waals surface area contributed by atoms with Crippen LogP contribution >= 0.6 is 23.4 Å². The molecule has 0 nitrogen and oxygen atoms in total. The average molecular weight is 136 g/mol. The first-order valence-corrected chi connectivity index (χ1v) is 3.90. The third-order valence-electron chi connectivity index (χ3n) is 1.03. The summed E-state index contributed by atoms with van der Waals surface area (Å²) < 4.78 is 1.10. The fourth-order valence-electron chi connectivity index (χ4n) is 0.621. The van der Waals surface area contributed by atoms with Crippen molar-refractivity contribution in [3.8, 4) is 0 Å². The SMILES string of the molecule is Cl[C]1CCCCS1. The summed E-state index contributed by atoms with van der Waals surface area (Å²) in [5.74, 6) is 1.23. The number of hydrogen-bond acceptors (Lipinski definition) is 1. The fourth-order valence-corrected chi connectivity index (χ4v) is 1.84. The zero-order chi connectivity index (χ0) is 5.11. The van der Waals surface area contributed by atoms with Gasteiger partial charge in [0.15, 0.2) is 0 Å². The second kappa shape index (κ2) is 2.83. The topological polar surface area (TPSA) is 0 Å². The molecule has 0 aromatic rings. The third-order valence-corrected chi connectivity index (χ3v) is 2.55.